The first kappa shape index (κ1) is 37.2. The zero-order valence-electron chi connectivity index (χ0n) is 26.9. The van der Waals surface area contributed by atoms with Crippen molar-refractivity contribution in [3.63, 3.8) is 0 Å². The summed E-state index contributed by atoms with van der Waals surface area (Å²) in [7, 11) is -4.12. The summed E-state index contributed by atoms with van der Waals surface area (Å²) in [5, 5.41) is 7.75. The van der Waals surface area contributed by atoms with Crippen molar-refractivity contribution in [1.82, 2.24) is 0 Å². The third-order valence-electron chi connectivity index (χ3n) is 8.29. The van der Waals surface area contributed by atoms with Gasteiger partial charge in [-0.3, -0.25) is 0 Å². The molecule has 0 spiro atoms. The predicted molar refractivity (Wildman–Crippen MR) is 181 cm³/mol. The van der Waals surface area contributed by atoms with Crippen LogP contribution in [-0.2, 0) is 21.7 Å². The molecular weight excluding hydrogens is 536 g/mol. The molecule has 0 saturated heterocycles. The van der Waals surface area contributed by atoms with E-state index >= 15 is 0 Å². The average Bonchev–Trinajstić information content (AvgIpc) is 2.99. The maximum absolute atomic E-state index is 2.61. The molecule has 0 radical (unpaired) electrons. The normalized spacial score (nSPS) is 11.0. The van der Waals surface area contributed by atoms with E-state index in [1.807, 2.05) is 0 Å². The molecular formula is C36H50Si2Ti. The Morgan fingerprint density at radius 1 is 0.538 bits per heavy atom. The monoisotopic (exact) mass is 586 g/mol. The standard InChI is InChI=1S/C33H41Si2.3CH3.Ti/c1-22-19-29(34(8,9)10)21-30(20-22)35(31-17-13-11-15-23(31)2,32-18-14-12-16-24(32)3)33-27(6)25(4)26(5)28(33)7;;;;/h11-21H,1-10H3;3*1H3;/q4*-1;+4. The number of hydrogen-bond donors (Lipinski definition) is 0. The molecule has 0 saturated carbocycles. The summed E-state index contributed by atoms with van der Waals surface area (Å²) < 4.78 is 0. The Bertz CT molecular complexity index is 1330. The molecule has 0 fully saturated rings. The second kappa shape index (κ2) is 13.7. The Kier molecular flexibility index (Phi) is 13.0. The molecule has 0 atom stereocenters. The predicted octanol–water partition coefficient (Wildman–Crippen LogP) is 6.84. The van der Waals surface area contributed by atoms with E-state index in [0.29, 0.717) is 0 Å². The Hall–Kier alpha value is -1.84. The average molecular weight is 587 g/mol. The minimum Gasteiger partial charge on any atom is -0.358 e. The van der Waals surface area contributed by atoms with Gasteiger partial charge >= 0.3 is 21.7 Å². The Balaban J connectivity index is 0.00000361. The van der Waals surface area contributed by atoms with Crippen LogP contribution in [0.2, 0.25) is 19.6 Å². The third kappa shape index (κ3) is 6.25. The van der Waals surface area contributed by atoms with Crippen LogP contribution in [0.15, 0.2) is 66.7 Å². The number of benzene rings is 3. The van der Waals surface area contributed by atoms with E-state index in [1.165, 1.54) is 54.5 Å². The van der Waals surface area contributed by atoms with Crippen molar-refractivity contribution in [2.75, 3.05) is 0 Å². The summed E-state index contributed by atoms with van der Waals surface area (Å²) in [4.78, 5) is 0. The molecule has 0 unspecified atom stereocenters. The second-order valence-electron chi connectivity index (χ2n) is 11.6. The number of rotatable bonds is 5. The van der Waals surface area contributed by atoms with E-state index in [0.717, 1.165) is 0 Å². The maximum Gasteiger partial charge on any atom is 4.00 e. The summed E-state index contributed by atoms with van der Waals surface area (Å²) in [6.07, 6.45) is 0. The fourth-order valence-electron chi connectivity index (χ4n) is 6.07. The molecule has 0 aliphatic carbocycles. The van der Waals surface area contributed by atoms with Gasteiger partial charge in [0.15, 0.2) is 0 Å². The molecule has 0 aliphatic rings. The van der Waals surface area contributed by atoms with E-state index in [9.17, 15) is 0 Å². The second-order valence-corrected chi connectivity index (χ2v) is 20.3. The van der Waals surface area contributed by atoms with Crippen LogP contribution in [0.25, 0.3) is 0 Å². The van der Waals surface area contributed by atoms with Crippen molar-refractivity contribution < 1.29 is 21.7 Å². The first-order valence-electron chi connectivity index (χ1n) is 12.9. The van der Waals surface area contributed by atoms with Crippen molar-refractivity contribution in [3.8, 4) is 0 Å². The number of aryl methyl sites for hydroxylation is 3. The summed E-state index contributed by atoms with van der Waals surface area (Å²) in [5.41, 5.74) is 10.0. The molecule has 0 nitrogen and oxygen atoms in total. The molecule has 4 aromatic rings. The van der Waals surface area contributed by atoms with Crippen LogP contribution in [0.3, 0.4) is 0 Å². The van der Waals surface area contributed by atoms with Crippen LogP contribution in [-0.4, -0.2) is 16.1 Å². The third-order valence-corrected chi connectivity index (χ3v) is 15.7. The molecule has 0 amide bonds. The molecule has 0 bridgehead atoms. The summed E-state index contributed by atoms with van der Waals surface area (Å²) in [6, 6.07) is 26.0. The van der Waals surface area contributed by atoms with Crippen LogP contribution in [0, 0.1) is 70.7 Å². The van der Waals surface area contributed by atoms with Gasteiger partial charge in [-0.1, -0.05) is 152 Å². The van der Waals surface area contributed by atoms with E-state index in [2.05, 4.69) is 135 Å². The number of hydrogen-bond acceptors (Lipinski definition) is 0. The van der Waals surface area contributed by atoms with Gasteiger partial charge in [0.2, 0.25) is 0 Å². The van der Waals surface area contributed by atoms with Crippen molar-refractivity contribution in [3.05, 3.63) is 128 Å². The maximum atomic E-state index is 2.61. The van der Waals surface area contributed by atoms with Gasteiger partial charge in [-0.05, 0) is 20.8 Å². The fraction of sp³-hybridized carbons (Fsp3) is 0.278. The van der Waals surface area contributed by atoms with E-state index in [-0.39, 0.29) is 44.0 Å². The molecule has 0 aromatic heterocycles. The first-order chi connectivity index (χ1) is 16.4. The van der Waals surface area contributed by atoms with Gasteiger partial charge in [0.25, 0.3) is 0 Å². The first-order valence-corrected chi connectivity index (χ1v) is 18.4. The van der Waals surface area contributed by atoms with Gasteiger partial charge in [0, 0.05) is 0 Å². The van der Waals surface area contributed by atoms with Crippen molar-refractivity contribution in [2.45, 2.75) is 68.1 Å². The van der Waals surface area contributed by atoms with Crippen molar-refractivity contribution in [1.29, 1.82) is 0 Å². The van der Waals surface area contributed by atoms with E-state index in [4.69, 9.17) is 0 Å². The summed E-state index contributed by atoms with van der Waals surface area (Å²) in [6.45, 7) is 23.7. The molecule has 4 rings (SSSR count). The quantitative estimate of drug-likeness (QED) is 0.137. The molecule has 206 valence electrons. The zero-order chi connectivity index (χ0) is 25.7. The van der Waals surface area contributed by atoms with Crippen LogP contribution in [0.1, 0.15) is 38.9 Å². The van der Waals surface area contributed by atoms with Gasteiger partial charge < -0.3 is 22.3 Å². The van der Waals surface area contributed by atoms with Gasteiger partial charge in [0.05, 0.1) is 8.07 Å². The largest absolute Gasteiger partial charge is 4.00 e. The topological polar surface area (TPSA) is 0 Å². The van der Waals surface area contributed by atoms with E-state index in [1.54, 1.807) is 10.4 Å². The molecule has 0 aliphatic heterocycles. The van der Waals surface area contributed by atoms with Gasteiger partial charge in [-0.25, -0.2) is 0 Å². The van der Waals surface area contributed by atoms with Gasteiger partial charge in [-0.15, -0.1) is 5.19 Å². The van der Waals surface area contributed by atoms with Crippen LogP contribution < -0.4 is 25.9 Å². The Labute approximate surface area is 258 Å². The van der Waals surface area contributed by atoms with Crippen LogP contribution in [0.5, 0.6) is 0 Å². The minimum absolute atomic E-state index is 0. The summed E-state index contributed by atoms with van der Waals surface area (Å²) in [5.74, 6) is 0. The minimum atomic E-state index is -2.61. The molecule has 0 N–H and O–H groups in total. The molecule has 0 heterocycles. The SMILES string of the molecule is Cc1cc([Si](C)(C)C)cc([Si](c2ccccc2C)(c2ccccc2C)[c-]2c(C)c(C)c(C)c2C)c1.[CH3-].[CH3-].[CH3-].[Ti+4]. The zero-order valence-corrected chi connectivity index (χ0v) is 30.4. The van der Waals surface area contributed by atoms with Crippen molar-refractivity contribution >= 4 is 42.1 Å². The van der Waals surface area contributed by atoms with Gasteiger partial charge in [-0.2, -0.15) is 22.3 Å². The fourth-order valence-corrected chi connectivity index (χ4v) is 13.6. The van der Waals surface area contributed by atoms with Crippen LogP contribution in [0.4, 0.5) is 0 Å². The molecule has 4 aromatic carbocycles. The van der Waals surface area contributed by atoms with E-state index < -0.39 is 16.1 Å². The smallest absolute Gasteiger partial charge is 0.358 e. The summed E-state index contributed by atoms with van der Waals surface area (Å²) >= 11 is 0. The molecule has 3 heteroatoms. The molecule has 39 heavy (non-hydrogen) atoms. The Morgan fingerprint density at radius 3 is 1.31 bits per heavy atom. The van der Waals surface area contributed by atoms with Crippen molar-refractivity contribution in [2.24, 2.45) is 0 Å². The van der Waals surface area contributed by atoms with Crippen LogP contribution >= 0.6 is 0 Å². The Morgan fingerprint density at radius 2 is 0.923 bits per heavy atom. The van der Waals surface area contributed by atoms with Gasteiger partial charge in [0.1, 0.15) is 8.07 Å².